The van der Waals surface area contributed by atoms with Crippen molar-refractivity contribution >= 4 is 17.5 Å². The van der Waals surface area contributed by atoms with Crippen molar-refractivity contribution in [2.75, 3.05) is 12.5 Å². The Morgan fingerprint density at radius 1 is 1.30 bits per heavy atom. The predicted octanol–water partition coefficient (Wildman–Crippen LogP) is 3.91. The van der Waals surface area contributed by atoms with Gasteiger partial charge in [-0.3, -0.25) is 4.79 Å². The van der Waals surface area contributed by atoms with Crippen molar-refractivity contribution in [3.63, 3.8) is 0 Å². The third-order valence-corrected chi connectivity index (χ3v) is 5.36. The average molecular weight is 292 g/mol. The van der Waals surface area contributed by atoms with Gasteiger partial charge in [-0.1, -0.05) is 19.8 Å². The Morgan fingerprint density at radius 2 is 2.15 bits per heavy atom. The number of hydrogen-bond donors (Lipinski definition) is 0. The molecule has 0 saturated heterocycles. The first-order valence-electron chi connectivity index (χ1n) is 7.27. The molecule has 1 aromatic rings. The number of carbonyl (C=O) groups excluding carboxylic acids is 1. The first-order valence-corrected chi connectivity index (χ1v) is 8.31. The molecule has 1 aliphatic heterocycles. The molecule has 2 aliphatic rings. The fourth-order valence-corrected chi connectivity index (χ4v) is 4.23. The van der Waals surface area contributed by atoms with Gasteiger partial charge < -0.3 is 9.47 Å². The van der Waals surface area contributed by atoms with E-state index in [0.717, 1.165) is 17.2 Å². The highest BCUT2D eigenvalue weighted by atomic mass is 32.2. The smallest absolute Gasteiger partial charge is 0.231 e. The summed E-state index contributed by atoms with van der Waals surface area (Å²) in [4.78, 5) is 12.3. The van der Waals surface area contributed by atoms with Crippen LogP contribution in [-0.4, -0.2) is 23.6 Å². The summed E-state index contributed by atoms with van der Waals surface area (Å²) in [7, 11) is 0. The summed E-state index contributed by atoms with van der Waals surface area (Å²) in [6, 6.07) is 5.46. The van der Waals surface area contributed by atoms with E-state index in [1.165, 1.54) is 25.7 Å². The molecule has 20 heavy (non-hydrogen) atoms. The van der Waals surface area contributed by atoms with Crippen LogP contribution >= 0.6 is 11.8 Å². The SMILES string of the molecule is CC1CCCC(SCC(=O)c2ccc3c(c2)OCO3)C1. The molecule has 1 heterocycles. The molecule has 4 heteroatoms. The van der Waals surface area contributed by atoms with Crippen LogP contribution in [0.4, 0.5) is 0 Å². The van der Waals surface area contributed by atoms with Crippen LogP contribution in [0.25, 0.3) is 0 Å². The lowest BCUT2D eigenvalue weighted by atomic mass is 9.91. The molecular formula is C16H20O3S. The lowest BCUT2D eigenvalue weighted by Crippen LogP contribution is -2.17. The summed E-state index contributed by atoms with van der Waals surface area (Å²) in [5.41, 5.74) is 0.727. The Hall–Kier alpha value is -1.16. The number of Topliss-reactive ketones (excluding diaryl/α,β-unsaturated/α-hetero) is 1. The molecule has 2 unspecified atom stereocenters. The monoisotopic (exact) mass is 292 g/mol. The van der Waals surface area contributed by atoms with Crippen LogP contribution in [-0.2, 0) is 0 Å². The summed E-state index contributed by atoms with van der Waals surface area (Å²) in [5.74, 6) is 2.98. The zero-order valence-corrected chi connectivity index (χ0v) is 12.6. The minimum Gasteiger partial charge on any atom is -0.454 e. The third kappa shape index (κ3) is 3.11. The van der Waals surface area contributed by atoms with Gasteiger partial charge in [0.1, 0.15) is 0 Å². The maximum atomic E-state index is 12.3. The van der Waals surface area contributed by atoms with E-state index in [1.54, 1.807) is 6.07 Å². The molecule has 3 rings (SSSR count). The summed E-state index contributed by atoms with van der Waals surface area (Å²) >= 11 is 1.82. The summed E-state index contributed by atoms with van der Waals surface area (Å²) in [5, 5.41) is 0.650. The van der Waals surface area contributed by atoms with Crippen LogP contribution in [0.5, 0.6) is 11.5 Å². The maximum absolute atomic E-state index is 12.3. The molecule has 0 aromatic heterocycles. The van der Waals surface area contributed by atoms with Gasteiger partial charge in [-0.25, -0.2) is 0 Å². The molecule has 0 amide bonds. The van der Waals surface area contributed by atoms with Gasteiger partial charge in [0.15, 0.2) is 17.3 Å². The molecule has 0 bridgehead atoms. The van der Waals surface area contributed by atoms with Gasteiger partial charge >= 0.3 is 0 Å². The summed E-state index contributed by atoms with van der Waals surface area (Å²) in [6.07, 6.45) is 5.15. The van der Waals surface area contributed by atoms with Crippen molar-refractivity contribution in [1.82, 2.24) is 0 Å². The van der Waals surface area contributed by atoms with Crippen molar-refractivity contribution in [3.8, 4) is 11.5 Å². The van der Waals surface area contributed by atoms with E-state index in [0.29, 0.717) is 16.8 Å². The highest BCUT2D eigenvalue weighted by Gasteiger charge is 2.21. The topological polar surface area (TPSA) is 35.5 Å². The van der Waals surface area contributed by atoms with Gasteiger partial charge in [-0.05, 0) is 37.0 Å². The molecule has 108 valence electrons. The molecular weight excluding hydrogens is 272 g/mol. The van der Waals surface area contributed by atoms with Crippen LogP contribution in [0.1, 0.15) is 43.0 Å². The second-order valence-corrected chi connectivity index (χ2v) is 6.98. The third-order valence-electron chi connectivity index (χ3n) is 4.03. The zero-order valence-electron chi connectivity index (χ0n) is 11.8. The lowest BCUT2D eigenvalue weighted by Gasteiger charge is -2.25. The molecule has 1 saturated carbocycles. The van der Waals surface area contributed by atoms with Crippen LogP contribution in [0.2, 0.25) is 0 Å². The van der Waals surface area contributed by atoms with Gasteiger partial charge in [0.05, 0.1) is 5.75 Å². The first-order chi connectivity index (χ1) is 9.72. The number of ketones is 1. The molecule has 0 spiro atoms. The minimum absolute atomic E-state index is 0.187. The number of rotatable bonds is 4. The highest BCUT2D eigenvalue weighted by molar-refractivity contribution is 8.00. The van der Waals surface area contributed by atoms with E-state index in [-0.39, 0.29) is 12.6 Å². The van der Waals surface area contributed by atoms with Crippen LogP contribution in [0, 0.1) is 5.92 Å². The predicted molar refractivity (Wildman–Crippen MR) is 80.8 cm³/mol. The first kappa shape index (κ1) is 13.8. The number of carbonyl (C=O) groups is 1. The van der Waals surface area contributed by atoms with Crippen molar-refractivity contribution in [2.45, 2.75) is 37.9 Å². The van der Waals surface area contributed by atoms with Gasteiger partial charge in [0.2, 0.25) is 6.79 Å². The van der Waals surface area contributed by atoms with E-state index in [4.69, 9.17) is 9.47 Å². The van der Waals surface area contributed by atoms with E-state index < -0.39 is 0 Å². The summed E-state index contributed by atoms with van der Waals surface area (Å²) < 4.78 is 10.6. The summed E-state index contributed by atoms with van der Waals surface area (Å²) in [6.45, 7) is 2.56. The van der Waals surface area contributed by atoms with E-state index in [9.17, 15) is 4.79 Å². The Labute approximate surface area is 124 Å². The molecule has 2 atom stereocenters. The molecule has 1 aromatic carbocycles. The quantitative estimate of drug-likeness (QED) is 0.788. The van der Waals surface area contributed by atoms with Crippen LogP contribution in [0.15, 0.2) is 18.2 Å². The van der Waals surface area contributed by atoms with E-state index in [1.807, 2.05) is 23.9 Å². The highest BCUT2D eigenvalue weighted by Crippen LogP contribution is 2.34. The Bertz CT molecular complexity index is 500. The number of ether oxygens (including phenoxy) is 2. The molecule has 1 aliphatic carbocycles. The minimum atomic E-state index is 0.187. The van der Waals surface area contributed by atoms with E-state index >= 15 is 0 Å². The number of hydrogen-bond acceptors (Lipinski definition) is 4. The standard InChI is InChI=1S/C16H20O3S/c1-11-3-2-4-13(7-11)20-9-14(17)12-5-6-15-16(8-12)19-10-18-15/h5-6,8,11,13H,2-4,7,9-10H2,1H3. The lowest BCUT2D eigenvalue weighted by molar-refractivity contribution is 0.102. The zero-order chi connectivity index (χ0) is 13.9. The number of thioether (sulfide) groups is 1. The van der Waals surface area contributed by atoms with Crippen molar-refractivity contribution in [2.24, 2.45) is 5.92 Å². The molecule has 1 fully saturated rings. The fraction of sp³-hybridized carbons (Fsp3) is 0.562. The average Bonchev–Trinajstić information content (AvgIpc) is 2.92. The Morgan fingerprint density at radius 3 is 3.00 bits per heavy atom. The Kier molecular flexibility index (Phi) is 4.20. The number of fused-ring (bicyclic) bond motifs is 1. The van der Waals surface area contributed by atoms with Gasteiger partial charge in [0.25, 0.3) is 0 Å². The fourth-order valence-electron chi connectivity index (χ4n) is 2.88. The van der Waals surface area contributed by atoms with Crippen LogP contribution < -0.4 is 9.47 Å². The second-order valence-electron chi connectivity index (χ2n) is 5.70. The second kappa shape index (κ2) is 6.08. The number of benzene rings is 1. The van der Waals surface area contributed by atoms with Gasteiger partial charge in [-0.15, -0.1) is 0 Å². The van der Waals surface area contributed by atoms with Gasteiger partial charge in [-0.2, -0.15) is 11.8 Å². The molecule has 3 nitrogen and oxygen atoms in total. The largest absolute Gasteiger partial charge is 0.454 e. The van der Waals surface area contributed by atoms with Crippen LogP contribution in [0.3, 0.4) is 0 Å². The molecule has 0 N–H and O–H groups in total. The van der Waals surface area contributed by atoms with E-state index in [2.05, 4.69) is 6.92 Å². The van der Waals surface area contributed by atoms with Crippen molar-refractivity contribution < 1.29 is 14.3 Å². The normalized spacial score (nSPS) is 24.6. The van der Waals surface area contributed by atoms with Crippen molar-refractivity contribution in [3.05, 3.63) is 23.8 Å². The maximum Gasteiger partial charge on any atom is 0.231 e. The van der Waals surface area contributed by atoms with Gasteiger partial charge in [0, 0.05) is 10.8 Å². The Balaban J connectivity index is 1.56. The van der Waals surface area contributed by atoms with Crippen molar-refractivity contribution in [1.29, 1.82) is 0 Å². The molecule has 0 radical (unpaired) electrons.